The van der Waals surface area contributed by atoms with E-state index in [1.54, 1.807) is 19.1 Å². The maximum absolute atomic E-state index is 13.9. The SMILES string of the molecule is Cc1c(-c2ccc(F)cc2)nn2c1NC(=O)C[C@@H]2C(=O)Nc1ccc(F)cc1F. The lowest BCUT2D eigenvalue weighted by atomic mass is 10.1. The van der Waals surface area contributed by atoms with Crippen molar-refractivity contribution in [1.29, 1.82) is 0 Å². The third-order valence-corrected chi connectivity index (χ3v) is 4.69. The van der Waals surface area contributed by atoms with E-state index in [-0.39, 0.29) is 12.1 Å². The average Bonchev–Trinajstić information content (AvgIpc) is 3.00. The number of fused-ring (bicyclic) bond motifs is 1. The molecule has 0 fully saturated rings. The third kappa shape index (κ3) is 3.46. The first-order chi connectivity index (χ1) is 13.8. The molecule has 0 saturated heterocycles. The molecule has 0 radical (unpaired) electrons. The van der Waals surface area contributed by atoms with Gasteiger partial charge in [0, 0.05) is 17.2 Å². The van der Waals surface area contributed by atoms with Crippen molar-refractivity contribution in [1.82, 2.24) is 9.78 Å². The van der Waals surface area contributed by atoms with Crippen molar-refractivity contribution in [2.75, 3.05) is 10.6 Å². The number of hydrogen-bond acceptors (Lipinski definition) is 3. The van der Waals surface area contributed by atoms with Crippen molar-refractivity contribution in [3.8, 4) is 11.3 Å². The van der Waals surface area contributed by atoms with Crippen LogP contribution in [0.5, 0.6) is 0 Å². The minimum absolute atomic E-state index is 0.202. The van der Waals surface area contributed by atoms with E-state index in [0.717, 1.165) is 12.1 Å². The van der Waals surface area contributed by atoms with Gasteiger partial charge < -0.3 is 10.6 Å². The Morgan fingerprint density at radius 2 is 1.83 bits per heavy atom. The molecule has 2 aromatic carbocycles. The third-order valence-electron chi connectivity index (χ3n) is 4.69. The molecule has 3 aromatic rings. The summed E-state index contributed by atoms with van der Waals surface area (Å²) in [4.78, 5) is 24.9. The minimum Gasteiger partial charge on any atom is -0.322 e. The van der Waals surface area contributed by atoms with Gasteiger partial charge >= 0.3 is 0 Å². The Bertz CT molecular complexity index is 1130. The summed E-state index contributed by atoms with van der Waals surface area (Å²) < 4.78 is 41.5. The first-order valence-corrected chi connectivity index (χ1v) is 8.74. The number of amides is 2. The topological polar surface area (TPSA) is 76.0 Å². The van der Waals surface area contributed by atoms with Crippen LogP contribution in [0, 0.1) is 24.4 Å². The van der Waals surface area contributed by atoms with Gasteiger partial charge in [-0.25, -0.2) is 17.9 Å². The highest BCUT2D eigenvalue weighted by Gasteiger charge is 2.34. The minimum atomic E-state index is -1.03. The lowest BCUT2D eigenvalue weighted by molar-refractivity contribution is -0.125. The molecule has 0 saturated carbocycles. The molecular formula is C20H15F3N4O2. The summed E-state index contributed by atoms with van der Waals surface area (Å²) in [7, 11) is 0. The molecule has 6 nitrogen and oxygen atoms in total. The Kier molecular flexibility index (Phi) is 4.57. The number of benzene rings is 2. The van der Waals surface area contributed by atoms with Crippen LogP contribution < -0.4 is 10.6 Å². The summed E-state index contributed by atoms with van der Waals surface area (Å²) in [5.74, 6) is -2.83. The van der Waals surface area contributed by atoms with Crippen LogP contribution >= 0.6 is 0 Å². The van der Waals surface area contributed by atoms with Crippen LogP contribution in [-0.2, 0) is 9.59 Å². The van der Waals surface area contributed by atoms with E-state index in [2.05, 4.69) is 15.7 Å². The number of nitrogens with zero attached hydrogens (tertiary/aromatic N) is 2. The number of nitrogens with one attached hydrogen (secondary N) is 2. The second-order valence-electron chi connectivity index (χ2n) is 6.66. The summed E-state index contributed by atoms with van der Waals surface area (Å²) in [6.07, 6.45) is -0.203. The van der Waals surface area contributed by atoms with Crippen LogP contribution in [0.1, 0.15) is 18.0 Å². The molecule has 0 aliphatic carbocycles. The van der Waals surface area contributed by atoms with Gasteiger partial charge in [-0.05, 0) is 43.3 Å². The lowest BCUT2D eigenvalue weighted by Crippen LogP contribution is -2.36. The van der Waals surface area contributed by atoms with Crippen LogP contribution in [0.3, 0.4) is 0 Å². The quantitative estimate of drug-likeness (QED) is 0.702. The molecular weight excluding hydrogens is 385 g/mol. The fraction of sp³-hybridized carbons (Fsp3) is 0.150. The van der Waals surface area contributed by atoms with Gasteiger partial charge in [-0.15, -0.1) is 0 Å². The van der Waals surface area contributed by atoms with E-state index in [4.69, 9.17) is 0 Å². The number of aromatic nitrogens is 2. The van der Waals surface area contributed by atoms with Gasteiger partial charge in [-0.2, -0.15) is 5.10 Å². The molecule has 1 atom stereocenters. The molecule has 1 aliphatic rings. The van der Waals surface area contributed by atoms with Gasteiger partial charge in [0.2, 0.25) is 11.8 Å². The molecule has 2 amide bonds. The van der Waals surface area contributed by atoms with Gasteiger partial charge in [0.05, 0.1) is 17.8 Å². The van der Waals surface area contributed by atoms with Crippen molar-refractivity contribution in [2.24, 2.45) is 0 Å². The second kappa shape index (κ2) is 7.08. The van der Waals surface area contributed by atoms with Crippen molar-refractivity contribution < 1.29 is 22.8 Å². The van der Waals surface area contributed by atoms with E-state index < -0.39 is 35.3 Å². The van der Waals surface area contributed by atoms with E-state index in [1.165, 1.54) is 16.8 Å². The standard InChI is InChI=1S/C20H15F3N4O2/c1-10-18(11-2-4-12(21)5-3-11)26-27-16(9-17(28)25-19(10)27)20(29)24-15-7-6-13(22)8-14(15)23/h2-8,16H,9H2,1H3,(H,24,29)(H,25,28)/t16-/m1/s1. The molecule has 4 rings (SSSR count). The van der Waals surface area contributed by atoms with Crippen LogP contribution in [0.25, 0.3) is 11.3 Å². The predicted molar refractivity (Wildman–Crippen MR) is 99.6 cm³/mol. The van der Waals surface area contributed by atoms with Crippen molar-refractivity contribution in [2.45, 2.75) is 19.4 Å². The number of halogens is 3. The first-order valence-electron chi connectivity index (χ1n) is 8.74. The fourth-order valence-corrected chi connectivity index (χ4v) is 3.23. The predicted octanol–water partition coefficient (Wildman–Crippen LogP) is 3.80. The number of hydrogen-bond donors (Lipinski definition) is 2. The molecule has 1 aliphatic heterocycles. The zero-order chi connectivity index (χ0) is 20.7. The van der Waals surface area contributed by atoms with E-state index in [1.807, 2.05) is 0 Å². The highest BCUT2D eigenvalue weighted by atomic mass is 19.1. The second-order valence-corrected chi connectivity index (χ2v) is 6.66. The smallest absolute Gasteiger partial charge is 0.249 e. The molecule has 1 aromatic heterocycles. The van der Waals surface area contributed by atoms with Crippen molar-refractivity contribution >= 4 is 23.3 Å². The summed E-state index contributed by atoms with van der Waals surface area (Å²) in [5.41, 5.74) is 1.50. The molecule has 0 spiro atoms. The maximum atomic E-state index is 13.9. The summed E-state index contributed by atoms with van der Waals surface area (Å²) >= 11 is 0. The number of carbonyl (C=O) groups excluding carboxylic acids is 2. The van der Waals surface area contributed by atoms with E-state index >= 15 is 0 Å². The average molecular weight is 400 g/mol. The van der Waals surface area contributed by atoms with E-state index in [9.17, 15) is 22.8 Å². The van der Waals surface area contributed by atoms with E-state index in [0.29, 0.717) is 28.7 Å². The molecule has 9 heteroatoms. The van der Waals surface area contributed by atoms with Gasteiger partial charge in [-0.3, -0.25) is 9.59 Å². The summed E-state index contributed by atoms with van der Waals surface area (Å²) in [6, 6.07) is 7.39. The molecule has 0 bridgehead atoms. The Labute approximate surface area is 163 Å². The monoisotopic (exact) mass is 400 g/mol. The van der Waals surface area contributed by atoms with Gasteiger partial charge in [0.1, 0.15) is 29.3 Å². The Balaban J connectivity index is 1.70. The molecule has 148 valence electrons. The first kappa shape index (κ1) is 18.7. The molecule has 29 heavy (non-hydrogen) atoms. The zero-order valence-electron chi connectivity index (χ0n) is 15.2. The summed E-state index contributed by atoms with van der Waals surface area (Å²) in [6.45, 7) is 1.72. The Morgan fingerprint density at radius 3 is 2.52 bits per heavy atom. The highest BCUT2D eigenvalue weighted by molar-refractivity contribution is 6.02. The van der Waals surface area contributed by atoms with Crippen LogP contribution in [0.4, 0.5) is 24.7 Å². The van der Waals surface area contributed by atoms with Crippen molar-refractivity contribution in [3.63, 3.8) is 0 Å². The van der Waals surface area contributed by atoms with Gasteiger partial charge in [0.15, 0.2) is 0 Å². The van der Waals surface area contributed by atoms with Gasteiger partial charge in [-0.1, -0.05) is 0 Å². The molecule has 2 heterocycles. The zero-order valence-corrected chi connectivity index (χ0v) is 15.2. The van der Waals surface area contributed by atoms with Crippen LogP contribution in [-0.4, -0.2) is 21.6 Å². The lowest BCUT2D eigenvalue weighted by Gasteiger charge is -2.24. The Hall–Kier alpha value is -3.62. The number of carbonyl (C=O) groups is 2. The highest BCUT2D eigenvalue weighted by Crippen LogP contribution is 2.34. The van der Waals surface area contributed by atoms with Crippen LogP contribution in [0.15, 0.2) is 42.5 Å². The Morgan fingerprint density at radius 1 is 1.14 bits per heavy atom. The fourth-order valence-electron chi connectivity index (χ4n) is 3.23. The van der Waals surface area contributed by atoms with Crippen LogP contribution in [0.2, 0.25) is 0 Å². The summed E-state index contributed by atoms with van der Waals surface area (Å²) in [5, 5.41) is 9.48. The molecule has 0 unspecified atom stereocenters. The van der Waals surface area contributed by atoms with Gasteiger partial charge in [0.25, 0.3) is 0 Å². The number of anilines is 2. The largest absolute Gasteiger partial charge is 0.322 e. The molecule has 2 N–H and O–H groups in total. The van der Waals surface area contributed by atoms with Crippen molar-refractivity contribution in [3.05, 3.63) is 65.5 Å². The normalized spacial score (nSPS) is 15.6. The number of rotatable bonds is 3. The maximum Gasteiger partial charge on any atom is 0.249 e.